The van der Waals surface area contributed by atoms with Crippen molar-refractivity contribution in [2.24, 2.45) is 0 Å². The van der Waals surface area contributed by atoms with Gasteiger partial charge in [-0.2, -0.15) is 0 Å². The molecular formula is C35H47NO3. The first-order chi connectivity index (χ1) is 18.7. The number of aromatic hydroxyl groups is 1. The highest BCUT2D eigenvalue weighted by Gasteiger charge is 2.18. The molecule has 210 valence electrons. The number of methoxy groups -OCH3 is 1. The van der Waals surface area contributed by atoms with Gasteiger partial charge in [0.1, 0.15) is 17.3 Å². The van der Waals surface area contributed by atoms with Gasteiger partial charge in [0.15, 0.2) is 0 Å². The Kier molecular flexibility index (Phi) is 13.4. The molecule has 2 N–H and O–H groups in total. The number of fused-ring (bicyclic) bond motifs is 1. The summed E-state index contributed by atoms with van der Waals surface area (Å²) in [7, 11) is 1.68. The topological polar surface area (TPSA) is 62.3 Å². The predicted octanol–water partition coefficient (Wildman–Crippen LogP) is 9.56. The minimum atomic E-state index is 0.261. The molecule has 1 heterocycles. The zero-order valence-electron chi connectivity index (χ0n) is 24.9. The molecule has 4 rings (SSSR count). The molecule has 0 bridgehead atoms. The standard InChI is InChI=1S/C20H23NO2.C10H14.C5H10O/c1-4-5-17-18-12-15(22)8-11-19(18)21-20(17)13(2)14-6-9-16(23-3)10-7-14;1-3-9(2)10-7-5-4-6-8-10;1-3-4-5(2)6/h6-13,21-22H,4-5H2,1-3H3;4-9H,3H2,1-2H3;3-4H2,1-2H3. The van der Waals surface area contributed by atoms with Crippen molar-refractivity contribution < 1.29 is 14.6 Å². The molecule has 0 aliphatic heterocycles. The summed E-state index contributed by atoms with van der Waals surface area (Å²) in [4.78, 5) is 13.6. The number of H-pyrrole nitrogens is 1. The van der Waals surface area contributed by atoms with Gasteiger partial charge in [-0.15, -0.1) is 0 Å². The molecule has 0 aliphatic carbocycles. The van der Waals surface area contributed by atoms with E-state index in [-0.39, 0.29) is 11.7 Å². The van der Waals surface area contributed by atoms with E-state index < -0.39 is 0 Å². The summed E-state index contributed by atoms with van der Waals surface area (Å²) >= 11 is 0. The lowest BCUT2D eigenvalue weighted by atomic mass is 9.93. The van der Waals surface area contributed by atoms with Crippen LogP contribution in [0.1, 0.15) is 101 Å². The molecule has 2 unspecified atom stereocenters. The SMILES string of the molecule is CCC(C)c1ccccc1.CCCC(C)=O.CCCc1c(C(C)c2ccc(OC)cc2)[nH]c2ccc(O)cc12. The van der Waals surface area contributed by atoms with E-state index in [0.29, 0.717) is 11.7 Å². The minimum absolute atomic E-state index is 0.261. The molecule has 0 aliphatic rings. The zero-order valence-corrected chi connectivity index (χ0v) is 24.9. The minimum Gasteiger partial charge on any atom is -0.508 e. The Balaban J connectivity index is 0.000000275. The van der Waals surface area contributed by atoms with Gasteiger partial charge in [0.05, 0.1) is 7.11 Å². The predicted molar refractivity (Wildman–Crippen MR) is 165 cm³/mol. The normalized spacial score (nSPS) is 12.0. The van der Waals surface area contributed by atoms with Gasteiger partial charge in [-0.05, 0) is 79.1 Å². The van der Waals surface area contributed by atoms with E-state index in [9.17, 15) is 9.90 Å². The van der Waals surface area contributed by atoms with Crippen molar-refractivity contribution in [1.29, 1.82) is 0 Å². The molecule has 3 aromatic carbocycles. The number of aromatic nitrogens is 1. The number of benzene rings is 3. The maximum absolute atomic E-state index is 10.0. The lowest BCUT2D eigenvalue weighted by Crippen LogP contribution is -2.00. The first-order valence-corrected chi connectivity index (χ1v) is 14.3. The molecule has 0 radical (unpaired) electrons. The van der Waals surface area contributed by atoms with E-state index in [2.05, 4.69) is 75.1 Å². The molecule has 4 aromatic rings. The Morgan fingerprint density at radius 3 is 2.08 bits per heavy atom. The summed E-state index contributed by atoms with van der Waals surface area (Å²) in [6, 6.07) is 24.4. The first-order valence-electron chi connectivity index (χ1n) is 14.3. The van der Waals surface area contributed by atoms with Gasteiger partial charge < -0.3 is 19.6 Å². The van der Waals surface area contributed by atoms with Gasteiger partial charge in [-0.25, -0.2) is 0 Å². The number of aryl methyl sites for hydroxylation is 1. The van der Waals surface area contributed by atoms with E-state index in [1.165, 1.54) is 28.8 Å². The van der Waals surface area contributed by atoms with Crippen molar-refractivity contribution in [3.63, 3.8) is 0 Å². The van der Waals surface area contributed by atoms with E-state index >= 15 is 0 Å². The zero-order chi connectivity index (χ0) is 28.8. The lowest BCUT2D eigenvalue weighted by Gasteiger charge is -2.14. The van der Waals surface area contributed by atoms with Gasteiger partial charge in [0.2, 0.25) is 0 Å². The molecule has 0 saturated carbocycles. The Labute approximate surface area is 235 Å². The summed E-state index contributed by atoms with van der Waals surface area (Å²) in [5.74, 6) is 2.45. The number of hydrogen-bond acceptors (Lipinski definition) is 3. The van der Waals surface area contributed by atoms with Gasteiger partial charge in [-0.3, -0.25) is 0 Å². The van der Waals surface area contributed by atoms with E-state index in [0.717, 1.165) is 42.3 Å². The van der Waals surface area contributed by atoms with Crippen molar-refractivity contribution in [3.8, 4) is 11.5 Å². The highest BCUT2D eigenvalue weighted by Crippen LogP contribution is 2.34. The molecule has 1 aromatic heterocycles. The van der Waals surface area contributed by atoms with Crippen LogP contribution in [0.2, 0.25) is 0 Å². The molecule has 0 fully saturated rings. The van der Waals surface area contributed by atoms with Gasteiger partial charge in [0, 0.05) is 28.9 Å². The molecule has 2 atom stereocenters. The highest BCUT2D eigenvalue weighted by molar-refractivity contribution is 5.86. The summed E-state index contributed by atoms with van der Waals surface area (Å²) in [6.07, 6.45) is 5.02. The van der Waals surface area contributed by atoms with Crippen molar-refractivity contribution in [2.45, 2.75) is 85.5 Å². The van der Waals surface area contributed by atoms with Gasteiger partial charge >= 0.3 is 0 Å². The van der Waals surface area contributed by atoms with Crippen LogP contribution < -0.4 is 4.74 Å². The Bertz CT molecular complexity index is 1260. The third-order valence-electron chi connectivity index (χ3n) is 7.05. The number of hydrogen-bond donors (Lipinski definition) is 2. The van der Waals surface area contributed by atoms with Crippen LogP contribution in [0, 0.1) is 0 Å². The molecule has 0 amide bonds. The first kappa shape index (κ1) is 31.7. The molecular weight excluding hydrogens is 482 g/mol. The second-order valence-corrected chi connectivity index (χ2v) is 10.2. The van der Waals surface area contributed by atoms with Crippen LogP contribution in [0.4, 0.5) is 0 Å². The van der Waals surface area contributed by atoms with Crippen LogP contribution in [-0.4, -0.2) is 23.0 Å². The number of Topliss-reactive ketones (excluding diaryl/α,β-unsaturated/α-hetero) is 1. The maximum Gasteiger partial charge on any atom is 0.129 e. The molecule has 39 heavy (non-hydrogen) atoms. The number of carbonyl (C=O) groups is 1. The maximum atomic E-state index is 10.0. The number of aromatic amines is 1. The molecule has 0 spiro atoms. The van der Waals surface area contributed by atoms with Crippen LogP contribution in [0.5, 0.6) is 11.5 Å². The summed E-state index contributed by atoms with van der Waals surface area (Å²) in [5, 5.41) is 10.9. The number of ether oxygens (including phenoxy) is 1. The van der Waals surface area contributed by atoms with Crippen LogP contribution >= 0.6 is 0 Å². The molecule has 4 heteroatoms. The average Bonchev–Trinajstić information content (AvgIpc) is 3.31. The van der Waals surface area contributed by atoms with Crippen molar-refractivity contribution >= 4 is 16.7 Å². The number of ketones is 1. The second-order valence-electron chi connectivity index (χ2n) is 10.2. The summed E-state index contributed by atoms with van der Waals surface area (Å²) < 4.78 is 5.24. The number of nitrogens with one attached hydrogen (secondary N) is 1. The summed E-state index contributed by atoms with van der Waals surface area (Å²) in [6.45, 7) is 12.5. The van der Waals surface area contributed by atoms with Crippen LogP contribution in [0.3, 0.4) is 0 Å². The third kappa shape index (κ3) is 9.62. The quantitative estimate of drug-likeness (QED) is 0.227. The fourth-order valence-corrected chi connectivity index (χ4v) is 4.57. The Morgan fingerprint density at radius 1 is 0.897 bits per heavy atom. The van der Waals surface area contributed by atoms with Crippen LogP contribution in [0.15, 0.2) is 72.8 Å². The van der Waals surface area contributed by atoms with Gasteiger partial charge in [0.25, 0.3) is 0 Å². The highest BCUT2D eigenvalue weighted by atomic mass is 16.5. The number of phenols is 1. The smallest absolute Gasteiger partial charge is 0.129 e. The Hall–Kier alpha value is -3.53. The number of rotatable bonds is 9. The summed E-state index contributed by atoms with van der Waals surface area (Å²) in [5.41, 5.74) is 6.32. The van der Waals surface area contributed by atoms with Crippen molar-refractivity contribution in [3.05, 3.63) is 95.2 Å². The van der Waals surface area contributed by atoms with Crippen LogP contribution in [0.25, 0.3) is 10.9 Å². The Morgan fingerprint density at radius 2 is 1.56 bits per heavy atom. The van der Waals surface area contributed by atoms with E-state index in [1.807, 2.05) is 31.2 Å². The van der Waals surface area contributed by atoms with Crippen LogP contribution in [-0.2, 0) is 11.2 Å². The monoisotopic (exact) mass is 529 g/mol. The van der Waals surface area contributed by atoms with E-state index in [4.69, 9.17) is 4.74 Å². The molecule has 0 saturated heterocycles. The van der Waals surface area contributed by atoms with Crippen molar-refractivity contribution in [1.82, 2.24) is 4.98 Å². The largest absolute Gasteiger partial charge is 0.508 e. The fraction of sp³-hybridized carbons (Fsp3) is 0.400. The number of carbonyl (C=O) groups excluding carboxylic acids is 1. The molecule has 4 nitrogen and oxygen atoms in total. The lowest BCUT2D eigenvalue weighted by molar-refractivity contribution is -0.117. The third-order valence-corrected chi connectivity index (χ3v) is 7.05. The van der Waals surface area contributed by atoms with Crippen molar-refractivity contribution in [2.75, 3.05) is 7.11 Å². The number of phenolic OH excluding ortho intramolecular Hbond substituents is 1. The second kappa shape index (κ2) is 16.4. The van der Waals surface area contributed by atoms with Gasteiger partial charge in [-0.1, -0.05) is 83.5 Å². The van der Waals surface area contributed by atoms with E-state index in [1.54, 1.807) is 20.1 Å². The fourth-order valence-electron chi connectivity index (χ4n) is 4.57. The average molecular weight is 530 g/mol.